The highest BCUT2D eigenvalue weighted by molar-refractivity contribution is 5.78. The zero-order valence-electron chi connectivity index (χ0n) is 16.9. The Kier molecular flexibility index (Phi) is 7.12. The summed E-state index contributed by atoms with van der Waals surface area (Å²) in [7, 11) is 0. The summed E-state index contributed by atoms with van der Waals surface area (Å²) in [4.78, 5) is 30.6. The number of urea groups is 1. The number of piperidine rings is 1. The Bertz CT molecular complexity index is 665. The third-order valence-electron chi connectivity index (χ3n) is 5.51. The molecule has 2 fully saturated rings. The summed E-state index contributed by atoms with van der Waals surface area (Å²) in [6.07, 6.45) is 8.08. The van der Waals surface area contributed by atoms with Crippen LogP contribution in [0.25, 0.3) is 0 Å². The highest BCUT2D eigenvalue weighted by Crippen LogP contribution is 2.25. The number of carbonyl (C=O) groups excluding carboxylic acids is 2. The van der Waals surface area contributed by atoms with E-state index >= 15 is 0 Å². The Morgan fingerprint density at radius 1 is 1.21 bits per heavy atom. The van der Waals surface area contributed by atoms with E-state index in [-0.39, 0.29) is 30.0 Å². The molecule has 1 aromatic rings. The molecule has 154 valence electrons. The van der Waals surface area contributed by atoms with E-state index in [1.807, 2.05) is 30.9 Å². The summed E-state index contributed by atoms with van der Waals surface area (Å²) >= 11 is 0. The van der Waals surface area contributed by atoms with Crippen molar-refractivity contribution in [3.8, 4) is 5.88 Å². The van der Waals surface area contributed by atoms with Crippen molar-refractivity contribution in [2.24, 2.45) is 5.92 Å². The van der Waals surface area contributed by atoms with Crippen molar-refractivity contribution < 1.29 is 14.3 Å². The number of nitrogens with one attached hydrogen (secondary N) is 2. The third kappa shape index (κ3) is 5.59. The maximum Gasteiger partial charge on any atom is 0.315 e. The van der Waals surface area contributed by atoms with Crippen LogP contribution in [-0.4, -0.2) is 47.1 Å². The Hall–Kier alpha value is -2.31. The van der Waals surface area contributed by atoms with Gasteiger partial charge >= 0.3 is 6.03 Å². The van der Waals surface area contributed by atoms with Crippen LogP contribution < -0.4 is 15.4 Å². The highest BCUT2D eigenvalue weighted by Gasteiger charge is 2.25. The molecule has 1 aliphatic carbocycles. The van der Waals surface area contributed by atoms with E-state index in [1.54, 1.807) is 6.20 Å². The Balaban J connectivity index is 1.43. The van der Waals surface area contributed by atoms with Crippen LogP contribution in [0.2, 0.25) is 0 Å². The molecule has 0 bridgehead atoms. The summed E-state index contributed by atoms with van der Waals surface area (Å²) in [6, 6.07) is 3.70. The van der Waals surface area contributed by atoms with Gasteiger partial charge in [-0.05, 0) is 44.6 Å². The Labute approximate surface area is 167 Å². The van der Waals surface area contributed by atoms with Crippen molar-refractivity contribution in [1.29, 1.82) is 0 Å². The third-order valence-corrected chi connectivity index (χ3v) is 5.51. The van der Waals surface area contributed by atoms with E-state index in [0.29, 0.717) is 25.5 Å². The fourth-order valence-electron chi connectivity index (χ4n) is 3.85. The second-order valence-electron chi connectivity index (χ2n) is 8.07. The Morgan fingerprint density at radius 2 is 1.93 bits per heavy atom. The zero-order valence-corrected chi connectivity index (χ0v) is 16.9. The number of carbonyl (C=O) groups is 2. The molecule has 1 aliphatic heterocycles. The van der Waals surface area contributed by atoms with Crippen molar-refractivity contribution in [1.82, 2.24) is 20.5 Å². The van der Waals surface area contributed by atoms with Gasteiger partial charge in [0.25, 0.3) is 0 Å². The van der Waals surface area contributed by atoms with Crippen LogP contribution in [0, 0.1) is 5.92 Å². The van der Waals surface area contributed by atoms with Crippen LogP contribution in [0.1, 0.15) is 57.9 Å². The molecule has 2 heterocycles. The lowest BCUT2D eigenvalue weighted by atomic mass is 10.0. The van der Waals surface area contributed by atoms with Crippen molar-refractivity contribution in [2.75, 3.05) is 13.1 Å². The van der Waals surface area contributed by atoms with E-state index in [1.165, 1.54) is 12.8 Å². The maximum absolute atomic E-state index is 12.3. The largest absolute Gasteiger partial charge is 0.474 e. The molecule has 2 N–H and O–H groups in total. The fourth-order valence-corrected chi connectivity index (χ4v) is 3.85. The van der Waals surface area contributed by atoms with Gasteiger partial charge in [-0.25, -0.2) is 9.78 Å². The number of pyridine rings is 1. The van der Waals surface area contributed by atoms with Gasteiger partial charge in [-0.1, -0.05) is 19.9 Å². The molecular weight excluding hydrogens is 356 g/mol. The van der Waals surface area contributed by atoms with E-state index in [9.17, 15) is 9.59 Å². The molecule has 2 aliphatic rings. The first-order chi connectivity index (χ1) is 13.5. The number of likely N-dealkylation sites (tertiary alicyclic amines) is 1. The SMILES string of the molecule is CC(C)C(=O)N1CCC(NC(=O)NCc2cccnc2OC2CCCC2)CC1. The molecule has 0 radical (unpaired) electrons. The van der Waals surface area contributed by atoms with E-state index in [4.69, 9.17) is 4.74 Å². The van der Waals surface area contributed by atoms with Crippen molar-refractivity contribution >= 4 is 11.9 Å². The molecule has 3 rings (SSSR count). The topological polar surface area (TPSA) is 83.6 Å². The van der Waals surface area contributed by atoms with Crippen LogP contribution in [0.5, 0.6) is 5.88 Å². The lowest BCUT2D eigenvalue weighted by Crippen LogP contribution is -2.49. The minimum Gasteiger partial charge on any atom is -0.474 e. The molecule has 1 saturated carbocycles. The van der Waals surface area contributed by atoms with E-state index in [0.717, 1.165) is 31.2 Å². The molecule has 7 heteroatoms. The summed E-state index contributed by atoms with van der Waals surface area (Å²) < 4.78 is 6.02. The van der Waals surface area contributed by atoms with E-state index in [2.05, 4.69) is 15.6 Å². The lowest BCUT2D eigenvalue weighted by molar-refractivity contribution is -0.135. The van der Waals surface area contributed by atoms with Gasteiger partial charge < -0.3 is 20.3 Å². The molecule has 0 atom stereocenters. The number of aromatic nitrogens is 1. The molecule has 1 aromatic heterocycles. The van der Waals surface area contributed by atoms with Crippen LogP contribution in [-0.2, 0) is 11.3 Å². The maximum atomic E-state index is 12.3. The predicted molar refractivity (Wildman–Crippen MR) is 107 cm³/mol. The predicted octanol–water partition coefficient (Wildman–Crippen LogP) is 2.85. The number of hydrogen-bond acceptors (Lipinski definition) is 4. The average Bonchev–Trinajstić information content (AvgIpc) is 3.20. The van der Waals surface area contributed by atoms with Gasteiger partial charge in [-0.15, -0.1) is 0 Å². The summed E-state index contributed by atoms with van der Waals surface area (Å²) in [6.45, 7) is 5.62. The van der Waals surface area contributed by atoms with Gasteiger partial charge in [-0.3, -0.25) is 4.79 Å². The first kappa shape index (κ1) is 20.4. The quantitative estimate of drug-likeness (QED) is 0.785. The summed E-state index contributed by atoms with van der Waals surface area (Å²) in [5, 5.41) is 5.93. The van der Waals surface area contributed by atoms with Gasteiger partial charge in [0.05, 0.1) is 0 Å². The fraction of sp³-hybridized carbons (Fsp3) is 0.667. The molecule has 28 heavy (non-hydrogen) atoms. The molecule has 0 spiro atoms. The van der Waals surface area contributed by atoms with Crippen molar-refractivity contribution in [3.05, 3.63) is 23.9 Å². The average molecular weight is 389 g/mol. The van der Waals surface area contributed by atoms with Crippen LogP contribution in [0.4, 0.5) is 4.79 Å². The molecular formula is C21H32N4O3. The minimum atomic E-state index is -0.190. The van der Waals surface area contributed by atoms with Crippen LogP contribution in [0.3, 0.4) is 0 Å². The number of hydrogen-bond donors (Lipinski definition) is 2. The second-order valence-corrected chi connectivity index (χ2v) is 8.07. The monoisotopic (exact) mass is 388 g/mol. The summed E-state index contributed by atoms with van der Waals surface area (Å²) in [5.41, 5.74) is 0.891. The molecule has 7 nitrogen and oxygen atoms in total. The normalized spacial score (nSPS) is 18.3. The smallest absolute Gasteiger partial charge is 0.315 e. The van der Waals surface area contributed by atoms with Crippen molar-refractivity contribution in [3.63, 3.8) is 0 Å². The van der Waals surface area contributed by atoms with Crippen LogP contribution >= 0.6 is 0 Å². The number of amides is 3. The van der Waals surface area contributed by atoms with Gasteiger partial charge in [-0.2, -0.15) is 0 Å². The molecule has 1 saturated heterocycles. The first-order valence-corrected chi connectivity index (χ1v) is 10.5. The summed E-state index contributed by atoms with van der Waals surface area (Å²) in [5.74, 6) is 0.831. The van der Waals surface area contributed by atoms with Gasteiger partial charge in [0, 0.05) is 43.4 Å². The van der Waals surface area contributed by atoms with Gasteiger partial charge in [0.1, 0.15) is 6.10 Å². The lowest BCUT2D eigenvalue weighted by Gasteiger charge is -2.33. The van der Waals surface area contributed by atoms with Crippen molar-refractivity contribution in [2.45, 2.75) is 71.1 Å². The zero-order chi connectivity index (χ0) is 19.9. The minimum absolute atomic E-state index is 0.0212. The van der Waals surface area contributed by atoms with Crippen LogP contribution in [0.15, 0.2) is 18.3 Å². The van der Waals surface area contributed by atoms with Gasteiger partial charge in [0.2, 0.25) is 11.8 Å². The standard InChI is InChI=1S/C21H32N4O3/c1-15(2)20(26)25-12-9-17(10-13-25)24-21(27)23-14-16-6-5-11-22-19(16)28-18-7-3-4-8-18/h5-6,11,15,17-18H,3-4,7-10,12-14H2,1-2H3,(H2,23,24,27). The first-order valence-electron chi connectivity index (χ1n) is 10.5. The second kappa shape index (κ2) is 9.75. The van der Waals surface area contributed by atoms with Gasteiger partial charge in [0.15, 0.2) is 0 Å². The molecule has 0 aromatic carbocycles. The number of nitrogens with zero attached hydrogens (tertiary/aromatic N) is 2. The number of ether oxygens (including phenoxy) is 1. The molecule has 0 unspecified atom stereocenters. The highest BCUT2D eigenvalue weighted by atomic mass is 16.5. The van der Waals surface area contributed by atoms with E-state index < -0.39 is 0 Å². The number of rotatable bonds is 6. The molecule has 3 amide bonds. The Morgan fingerprint density at radius 3 is 2.61 bits per heavy atom.